The Balaban J connectivity index is 2.02. The van der Waals surface area contributed by atoms with Crippen LogP contribution in [0.1, 0.15) is 17.2 Å². The molecule has 0 aliphatic heterocycles. The van der Waals surface area contributed by atoms with E-state index >= 15 is 0 Å². The zero-order valence-corrected chi connectivity index (χ0v) is 11.6. The third-order valence-electron chi connectivity index (χ3n) is 2.89. The Morgan fingerprint density at radius 1 is 1.19 bits per heavy atom. The van der Waals surface area contributed by atoms with Crippen molar-refractivity contribution < 1.29 is 14.6 Å². The molecule has 0 spiro atoms. The van der Waals surface area contributed by atoms with Crippen molar-refractivity contribution in [3.63, 3.8) is 0 Å². The maximum atomic E-state index is 12.0. The summed E-state index contributed by atoms with van der Waals surface area (Å²) in [5.74, 6) is -0.280. The number of phenols is 1. The number of hydrogen-bond donors (Lipinski definition) is 2. The molecule has 1 unspecified atom stereocenters. The van der Waals surface area contributed by atoms with Crippen molar-refractivity contribution in [2.24, 2.45) is 5.10 Å². The molecule has 0 fully saturated rings. The summed E-state index contributed by atoms with van der Waals surface area (Å²) in [6.45, 7) is 0. The molecule has 0 aliphatic rings. The van der Waals surface area contributed by atoms with Crippen LogP contribution >= 0.6 is 0 Å². The van der Waals surface area contributed by atoms with E-state index < -0.39 is 6.10 Å². The van der Waals surface area contributed by atoms with Crippen LogP contribution < -0.4 is 5.43 Å². The number of amides is 1. The molecule has 5 nitrogen and oxygen atoms in total. The summed E-state index contributed by atoms with van der Waals surface area (Å²) in [6, 6.07) is 15.9. The standard InChI is InChI=1S/C16H16N2O3/c1-21-15(12-7-3-2-4-8-12)16(20)18-17-11-13-9-5-6-10-14(13)19/h2-11,15,19H,1H3,(H,18,20)/b17-11+. The Morgan fingerprint density at radius 3 is 2.52 bits per heavy atom. The van der Waals surface area contributed by atoms with Gasteiger partial charge >= 0.3 is 0 Å². The Labute approximate surface area is 122 Å². The maximum absolute atomic E-state index is 12.0. The van der Waals surface area contributed by atoms with Gasteiger partial charge in [-0.3, -0.25) is 4.79 Å². The largest absolute Gasteiger partial charge is 0.507 e. The molecule has 0 aromatic heterocycles. The lowest BCUT2D eigenvalue weighted by atomic mass is 10.1. The third-order valence-corrected chi connectivity index (χ3v) is 2.89. The van der Waals surface area contributed by atoms with Gasteiger partial charge in [-0.1, -0.05) is 42.5 Å². The van der Waals surface area contributed by atoms with Gasteiger partial charge in [-0.2, -0.15) is 5.10 Å². The fourth-order valence-corrected chi connectivity index (χ4v) is 1.84. The van der Waals surface area contributed by atoms with E-state index in [1.165, 1.54) is 13.3 Å². The fourth-order valence-electron chi connectivity index (χ4n) is 1.84. The molecule has 1 atom stereocenters. The molecule has 0 saturated heterocycles. The van der Waals surface area contributed by atoms with Gasteiger partial charge in [-0.05, 0) is 17.7 Å². The van der Waals surface area contributed by atoms with Crippen LogP contribution in [0.2, 0.25) is 0 Å². The van der Waals surface area contributed by atoms with Gasteiger partial charge < -0.3 is 9.84 Å². The van der Waals surface area contributed by atoms with E-state index in [0.717, 1.165) is 5.56 Å². The number of aromatic hydroxyl groups is 1. The van der Waals surface area contributed by atoms with E-state index in [9.17, 15) is 9.90 Å². The average Bonchev–Trinajstić information content (AvgIpc) is 2.51. The third kappa shape index (κ3) is 3.90. The van der Waals surface area contributed by atoms with Crippen molar-refractivity contribution >= 4 is 12.1 Å². The summed E-state index contributed by atoms with van der Waals surface area (Å²) < 4.78 is 5.19. The molecule has 2 N–H and O–H groups in total. The summed E-state index contributed by atoms with van der Waals surface area (Å²) in [5, 5.41) is 13.4. The number of phenolic OH excluding ortho intramolecular Hbond substituents is 1. The highest BCUT2D eigenvalue weighted by Crippen LogP contribution is 2.16. The summed E-state index contributed by atoms with van der Waals surface area (Å²) in [7, 11) is 1.46. The second-order valence-electron chi connectivity index (χ2n) is 4.32. The van der Waals surface area contributed by atoms with Gasteiger partial charge in [0.25, 0.3) is 5.91 Å². The molecule has 0 radical (unpaired) electrons. The molecule has 0 bridgehead atoms. The molecule has 2 rings (SSSR count). The number of carbonyl (C=O) groups is 1. The highest BCUT2D eigenvalue weighted by Gasteiger charge is 2.19. The van der Waals surface area contributed by atoms with Crippen LogP contribution in [-0.4, -0.2) is 24.3 Å². The fraction of sp³-hybridized carbons (Fsp3) is 0.125. The number of methoxy groups -OCH3 is 1. The SMILES string of the molecule is COC(C(=O)N/N=C/c1ccccc1O)c1ccccc1. The molecule has 5 heteroatoms. The van der Waals surface area contributed by atoms with Gasteiger partial charge in [0.2, 0.25) is 0 Å². The van der Waals surface area contributed by atoms with Crippen LogP contribution in [0.4, 0.5) is 0 Å². The zero-order valence-electron chi connectivity index (χ0n) is 11.6. The van der Waals surface area contributed by atoms with Gasteiger partial charge in [0.15, 0.2) is 6.10 Å². The van der Waals surface area contributed by atoms with E-state index in [1.807, 2.05) is 18.2 Å². The van der Waals surface area contributed by atoms with Crippen molar-refractivity contribution in [3.05, 3.63) is 65.7 Å². The number of benzene rings is 2. The molecule has 2 aromatic rings. The minimum absolute atomic E-state index is 0.0989. The van der Waals surface area contributed by atoms with Crippen LogP contribution in [0, 0.1) is 0 Å². The average molecular weight is 284 g/mol. The summed E-state index contributed by atoms with van der Waals surface area (Å²) >= 11 is 0. The minimum Gasteiger partial charge on any atom is -0.507 e. The molecule has 2 aromatic carbocycles. The number of hydrogen-bond acceptors (Lipinski definition) is 4. The van der Waals surface area contributed by atoms with Crippen molar-refractivity contribution in [2.45, 2.75) is 6.10 Å². The molecule has 21 heavy (non-hydrogen) atoms. The number of carbonyl (C=O) groups excluding carboxylic acids is 1. The number of nitrogens with zero attached hydrogens (tertiary/aromatic N) is 1. The first-order valence-corrected chi connectivity index (χ1v) is 6.41. The zero-order chi connectivity index (χ0) is 15.1. The lowest BCUT2D eigenvalue weighted by Gasteiger charge is -2.13. The van der Waals surface area contributed by atoms with Crippen molar-refractivity contribution in [1.82, 2.24) is 5.43 Å². The Kier molecular flexibility index (Phi) is 5.06. The van der Waals surface area contributed by atoms with Gasteiger partial charge in [-0.15, -0.1) is 0 Å². The van der Waals surface area contributed by atoms with E-state index in [1.54, 1.807) is 36.4 Å². The number of hydrazone groups is 1. The first-order valence-electron chi connectivity index (χ1n) is 6.41. The van der Waals surface area contributed by atoms with Crippen LogP contribution in [0.3, 0.4) is 0 Å². The lowest BCUT2D eigenvalue weighted by Crippen LogP contribution is -2.26. The molecule has 108 valence electrons. The predicted octanol–water partition coefficient (Wildman–Crippen LogP) is 2.23. The van der Waals surface area contributed by atoms with Crippen LogP contribution in [0.15, 0.2) is 59.7 Å². The molecule has 1 amide bonds. The van der Waals surface area contributed by atoms with E-state index in [2.05, 4.69) is 10.5 Å². The first-order chi connectivity index (χ1) is 10.2. The van der Waals surface area contributed by atoms with Crippen molar-refractivity contribution in [2.75, 3.05) is 7.11 Å². The molecule has 0 aliphatic carbocycles. The summed E-state index contributed by atoms with van der Waals surface area (Å²) in [4.78, 5) is 12.0. The van der Waals surface area contributed by atoms with E-state index in [0.29, 0.717) is 5.56 Å². The normalized spacial score (nSPS) is 12.2. The number of ether oxygens (including phenoxy) is 1. The Morgan fingerprint density at radius 2 is 1.86 bits per heavy atom. The Bertz CT molecular complexity index is 626. The number of rotatable bonds is 5. The maximum Gasteiger partial charge on any atom is 0.273 e. The predicted molar refractivity (Wildman–Crippen MR) is 80.0 cm³/mol. The molecular weight excluding hydrogens is 268 g/mol. The van der Waals surface area contributed by atoms with Crippen LogP contribution in [0.5, 0.6) is 5.75 Å². The van der Waals surface area contributed by atoms with Crippen molar-refractivity contribution in [3.8, 4) is 5.75 Å². The highest BCUT2D eigenvalue weighted by molar-refractivity contribution is 5.86. The first kappa shape index (κ1) is 14.7. The van der Waals surface area contributed by atoms with Crippen molar-refractivity contribution in [1.29, 1.82) is 0 Å². The van der Waals surface area contributed by atoms with Gasteiger partial charge in [-0.25, -0.2) is 5.43 Å². The lowest BCUT2D eigenvalue weighted by molar-refractivity contribution is -0.131. The second-order valence-corrected chi connectivity index (χ2v) is 4.32. The molecule has 0 heterocycles. The Hall–Kier alpha value is -2.66. The van der Waals surface area contributed by atoms with Crippen LogP contribution in [0.25, 0.3) is 0 Å². The monoisotopic (exact) mass is 284 g/mol. The number of nitrogens with one attached hydrogen (secondary N) is 1. The summed E-state index contributed by atoms with van der Waals surface area (Å²) in [6.07, 6.45) is 0.651. The van der Waals surface area contributed by atoms with Gasteiger partial charge in [0.05, 0.1) is 6.21 Å². The van der Waals surface area contributed by atoms with Crippen LogP contribution in [-0.2, 0) is 9.53 Å². The molecular formula is C16H16N2O3. The van der Waals surface area contributed by atoms with E-state index in [-0.39, 0.29) is 11.7 Å². The van der Waals surface area contributed by atoms with Gasteiger partial charge in [0, 0.05) is 12.7 Å². The number of para-hydroxylation sites is 1. The van der Waals surface area contributed by atoms with E-state index in [4.69, 9.17) is 4.74 Å². The minimum atomic E-state index is -0.729. The smallest absolute Gasteiger partial charge is 0.273 e. The summed E-state index contributed by atoms with van der Waals surface area (Å²) in [5.41, 5.74) is 3.67. The topological polar surface area (TPSA) is 70.9 Å². The quantitative estimate of drug-likeness (QED) is 0.653. The molecule has 0 saturated carbocycles. The van der Waals surface area contributed by atoms with Gasteiger partial charge in [0.1, 0.15) is 5.75 Å². The second kappa shape index (κ2) is 7.21. The highest BCUT2D eigenvalue weighted by atomic mass is 16.5.